The lowest BCUT2D eigenvalue weighted by atomic mass is 9.85. The van der Waals surface area contributed by atoms with E-state index in [9.17, 15) is 26.4 Å². The number of hydrogen-bond donors (Lipinski definition) is 5. The van der Waals surface area contributed by atoms with Crippen molar-refractivity contribution in [3.05, 3.63) is 126 Å². The molecule has 23 heteroatoms. The molecule has 0 saturated carbocycles. The van der Waals surface area contributed by atoms with E-state index in [0.717, 1.165) is 78.8 Å². The topological polar surface area (TPSA) is 184 Å². The second kappa shape index (κ2) is 33.1. The largest absolute Gasteiger partial charge is 1.00 e. The Labute approximate surface area is 481 Å². The molecule has 4 atom stereocenters. The van der Waals surface area contributed by atoms with Crippen LogP contribution < -0.4 is 50.0 Å². The fourth-order valence-corrected chi connectivity index (χ4v) is 12.9. The van der Waals surface area contributed by atoms with Gasteiger partial charge in [-0.15, -0.1) is 0 Å². The number of rotatable bonds is 31. The summed E-state index contributed by atoms with van der Waals surface area (Å²) in [6.07, 6.45) is 4.15. The Morgan fingerprint density at radius 2 is 1.05 bits per heavy atom. The number of quaternary nitrogens is 2. The van der Waals surface area contributed by atoms with Crippen molar-refractivity contribution in [3.63, 3.8) is 0 Å². The summed E-state index contributed by atoms with van der Waals surface area (Å²) in [6, 6.07) is 21.2. The number of hydrogen-bond acceptors (Lipinski definition) is 10. The highest BCUT2D eigenvalue weighted by atomic mass is 35.5. The molecule has 0 fully saturated rings. The van der Waals surface area contributed by atoms with Crippen LogP contribution in [0.25, 0.3) is 0 Å². The van der Waals surface area contributed by atoms with Crippen LogP contribution in [0.15, 0.2) is 82.6 Å². The number of ketones is 1. The van der Waals surface area contributed by atoms with Gasteiger partial charge in [0.1, 0.15) is 18.9 Å². The SMILES string of the molecule is C[NH+]1Cc2c(Cl)cc(Cl)cc2[C@H](c2cccc(S(=O)(=O)CCCOCCOCCNC(=O)NCCCCCC(=O)CCCOCCOCCNS(=O)(=O)c3cccc([C@@H]4C[NH+](C)Cc5c(Cl)cc(Cl)cc54)c3)c2)C1.[Cl-].[Cl-]. The molecule has 4 aromatic carbocycles. The number of unbranched alkanes of at least 4 members (excludes halogenated alkanes) is 2. The monoisotopic (exact) mass is 1210 g/mol. The number of fused-ring (bicyclic) bond motifs is 2. The van der Waals surface area contributed by atoms with E-state index in [4.69, 9.17) is 65.4 Å². The summed E-state index contributed by atoms with van der Waals surface area (Å²) in [5.74, 6) is 0.0516. The maximum atomic E-state index is 13.3. The summed E-state index contributed by atoms with van der Waals surface area (Å²) in [6.45, 7) is 6.47. The van der Waals surface area contributed by atoms with E-state index >= 15 is 0 Å². The van der Waals surface area contributed by atoms with Crippen LogP contribution in [0.2, 0.25) is 20.1 Å². The fourth-order valence-electron chi connectivity index (χ4n) is 9.39. The Bertz CT molecular complexity index is 2550. The number of sulfonamides is 1. The van der Waals surface area contributed by atoms with Crippen LogP contribution in [0.5, 0.6) is 0 Å². The van der Waals surface area contributed by atoms with Crippen molar-refractivity contribution in [3.8, 4) is 0 Å². The van der Waals surface area contributed by atoms with Gasteiger partial charge in [-0.2, -0.15) is 0 Å². The van der Waals surface area contributed by atoms with Gasteiger partial charge < -0.3 is 64.2 Å². The van der Waals surface area contributed by atoms with Crippen LogP contribution >= 0.6 is 46.4 Å². The molecule has 2 amide bonds. The number of nitrogens with one attached hydrogen (secondary N) is 5. The van der Waals surface area contributed by atoms with Crippen molar-refractivity contribution in [1.29, 1.82) is 0 Å². The number of halogens is 6. The minimum absolute atomic E-state index is 0. The highest BCUT2D eigenvalue weighted by Crippen LogP contribution is 2.37. The Balaban J connectivity index is 0.00000624. The van der Waals surface area contributed by atoms with Gasteiger partial charge in [0.25, 0.3) is 0 Å². The first-order valence-corrected chi connectivity index (χ1v) is 30.0. The van der Waals surface area contributed by atoms with Crippen LogP contribution in [0.4, 0.5) is 4.79 Å². The second-order valence-corrected chi connectivity index (χ2v) is 24.6. The molecular weight excluding hydrogens is 1140 g/mol. The molecule has 0 spiro atoms. The van der Waals surface area contributed by atoms with E-state index in [1.165, 1.54) is 9.80 Å². The zero-order chi connectivity index (χ0) is 53.1. The van der Waals surface area contributed by atoms with Gasteiger partial charge in [-0.05, 0) is 96.5 Å². The third-order valence-corrected chi connectivity index (χ3v) is 17.4. The molecule has 76 heavy (non-hydrogen) atoms. The summed E-state index contributed by atoms with van der Waals surface area (Å²) in [5.41, 5.74) is 5.94. The van der Waals surface area contributed by atoms with Gasteiger partial charge in [-0.3, -0.25) is 4.79 Å². The molecule has 2 aliphatic heterocycles. The lowest BCUT2D eigenvalue weighted by Crippen LogP contribution is -3.09. The van der Waals surface area contributed by atoms with Crippen molar-refractivity contribution in [2.24, 2.45) is 0 Å². The predicted octanol–water partition coefficient (Wildman–Crippen LogP) is 0.0462. The van der Waals surface area contributed by atoms with Crippen LogP contribution in [-0.2, 0) is 56.7 Å². The van der Waals surface area contributed by atoms with E-state index < -0.39 is 19.9 Å². The first kappa shape index (κ1) is 65.7. The second-order valence-electron chi connectivity index (χ2n) is 19.0. The Kier molecular flexibility index (Phi) is 28.6. The van der Waals surface area contributed by atoms with Crippen molar-refractivity contribution < 1.29 is 80.0 Å². The molecule has 15 nitrogen and oxygen atoms in total. The summed E-state index contributed by atoms with van der Waals surface area (Å²) < 4.78 is 77.7. The van der Waals surface area contributed by atoms with Crippen LogP contribution in [0, 0.1) is 0 Å². The van der Waals surface area contributed by atoms with Gasteiger partial charge in [-0.25, -0.2) is 26.4 Å². The highest BCUT2D eigenvalue weighted by Gasteiger charge is 2.32. The third kappa shape index (κ3) is 20.7. The maximum absolute atomic E-state index is 13.3. The first-order valence-electron chi connectivity index (χ1n) is 25.4. The van der Waals surface area contributed by atoms with Crippen LogP contribution in [0.1, 0.15) is 90.2 Å². The normalized spacial score (nSPS) is 17.2. The average Bonchev–Trinajstić information content (AvgIpc) is 3.36. The average molecular weight is 1220 g/mol. The van der Waals surface area contributed by atoms with Crippen LogP contribution in [-0.4, -0.2) is 134 Å². The van der Waals surface area contributed by atoms with Crippen LogP contribution in [0.3, 0.4) is 0 Å². The number of carbonyl (C=O) groups is 2. The van der Waals surface area contributed by atoms with E-state index in [0.29, 0.717) is 98.5 Å². The molecule has 422 valence electrons. The first-order chi connectivity index (χ1) is 35.5. The minimum Gasteiger partial charge on any atom is -1.00 e. The van der Waals surface area contributed by atoms with Crippen molar-refractivity contribution in [1.82, 2.24) is 15.4 Å². The zero-order valence-electron chi connectivity index (χ0n) is 43.0. The molecule has 2 unspecified atom stereocenters. The predicted molar refractivity (Wildman–Crippen MR) is 290 cm³/mol. The van der Waals surface area contributed by atoms with E-state index in [1.54, 1.807) is 48.5 Å². The van der Waals surface area contributed by atoms with Crippen molar-refractivity contribution in [2.75, 3.05) is 105 Å². The van der Waals surface area contributed by atoms with Gasteiger partial charge >= 0.3 is 6.03 Å². The Morgan fingerprint density at radius 1 is 0.566 bits per heavy atom. The number of likely N-dealkylation sites (N-methyl/N-ethyl adjacent to an activating group) is 2. The van der Waals surface area contributed by atoms with Gasteiger partial charge in [0.2, 0.25) is 10.0 Å². The molecule has 2 aliphatic rings. The van der Waals surface area contributed by atoms with Gasteiger partial charge in [0.05, 0.1) is 104 Å². The molecule has 6 rings (SSSR count). The maximum Gasteiger partial charge on any atom is 0.314 e. The number of benzene rings is 4. The van der Waals surface area contributed by atoms with Crippen molar-refractivity contribution >= 4 is 78.1 Å². The summed E-state index contributed by atoms with van der Waals surface area (Å²) in [7, 11) is -3.11. The zero-order valence-corrected chi connectivity index (χ0v) is 49.2. The smallest absolute Gasteiger partial charge is 0.314 e. The number of ether oxygens (including phenoxy) is 4. The molecule has 0 aromatic heterocycles. The molecule has 4 aromatic rings. The summed E-state index contributed by atoms with van der Waals surface area (Å²) in [4.78, 5) is 27.5. The lowest BCUT2D eigenvalue weighted by Gasteiger charge is -2.31. The van der Waals surface area contributed by atoms with Gasteiger partial charge in [-0.1, -0.05) is 77.1 Å². The number of sulfone groups is 1. The standard InChI is InChI=1S/C53H69Cl4N5O10S2.2ClH/c1-61-34-47(45-30-40(54)32-51(56)49(45)36-61)38-10-6-14-43(28-38)73(65,66)27-9-20-70-24-25-71-21-17-59-53(64)58-16-5-3-4-12-42(63)13-8-19-69-23-26-72-22-18-60-74(67,68)44-15-7-11-39(29-44)48-35-62(2)37-50-46(48)31-41(55)33-52(50)57;;/h6-7,10-11,14-15,28-33,47-48,60H,3-5,8-9,12-13,16-27,34-37H2,1-2H3,(H2,58,59,64);2*1H/t47-,48-;;/m0../s1. The van der Waals surface area contributed by atoms with Gasteiger partial charge in [0, 0.05) is 66.9 Å². The van der Waals surface area contributed by atoms with Crippen molar-refractivity contribution in [2.45, 2.75) is 79.7 Å². The Morgan fingerprint density at radius 3 is 1.63 bits per heavy atom. The van der Waals surface area contributed by atoms with E-state index in [-0.39, 0.29) is 83.8 Å². The molecule has 0 radical (unpaired) electrons. The summed E-state index contributed by atoms with van der Waals surface area (Å²) >= 11 is 25.8. The number of Topliss-reactive ketones (excluding diaryl/α,β-unsaturated/α-hetero) is 1. The highest BCUT2D eigenvalue weighted by molar-refractivity contribution is 7.91. The quantitative estimate of drug-likeness (QED) is 0.0432. The summed E-state index contributed by atoms with van der Waals surface area (Å²) in [5, 5.41) is 7.93. The van der Waals surface area contributed by atoms with E-state index in [1.807, 2.05) is 24.3 Å². The number of urea groups is 1. The number of amides is 2. The third-order valence-electron chi connectivity index (χ3n) is 13.1. The number of carbonyl (C=O) groups excluding carboxylic acids is 2. The molecule has 0 aliphatic carbocycles. The molecule has 2 heterocycles. The molecular formula is C53H71Cl6N5O10S2. The lowest BCUT2D eigenvalue weighted by molar-refractivity contribution is -0.897. The Hall–Kier alpha value is -2.82. The minimum atomic E-state index is -3.77. The molecule has 0 bridgehead atoms. The van der Waals surface area contributed by atoms with E-state index in [2.05, 4.69) is 29.5 Å². The fraction of sp³-hybridized carbons (Fsp3) is 0.509. The van der Waals surface area contributed by atoms with Gasteiger partial charge in [0.15, 0.2) is 9.84 Å². The molecule has 0 saturated heterocycles. The molecule has 5 N–H and O–H groups in total.